The van der Waals surface area contributed by atoms with Crippen LogP contribution in [0.15, 0.2) is 24.8 Å². The molecule has 0 amide bonds. The second kappa shape index (κ2) is 5.89. The molecule has 0 aromatic heterocycles. The molecular weight excluding hydrogens is 244 g/mol. The van der Waals surface area contributed by atoms with Gasteiger partial charge in [-0.15, -0.1) is 0 Å². The predicted octanol–water partition coefficient (Wildman–Crippen LogP) is 2.88. The largest absolute Gasteiger partial charge is 0.467 e. The van der Waals surface area contributed by atoms with Gasteiger partial charge in [0, 0.05) is 7.11 Å². The molecule has 0 bridgehead atoms. The van der Waals surface area contributed by atoms with E-state index in [1.165, 1.54) is 27.1 Å². The summed E-state index contributed by atoms with van der Waals surface area (Å²) >= 11 is 0. The van der Waals surface area contributed by atoms with Gasteiger partial charge < -0.3 is 14.2 Å². The van der Waals surface area contributed by atoms with Gasteiger partial charge in [-0.25, -0.2) is 4.79 Å². The highest BCUT2D eigenvalue weighted by atomic mass is 16.7. The van der Waals surface area contributed by atoms with Crippen molar-refractivity contribution in [2.75, 3.05) is 21.0 Å². The first kappa shape index (κ1) is 13.6. The summed E-state index contributed by atoms with van der Waals surface area (Å²) in [5.74, 6) is 0.613. The molecule has 0 heterocycles. The minimum atomic E-state index is -0.422. The third-order valence-electron chi connectivity index (χ3n) is 3.16. The lowest BCUT2D eigenvalue weighted by molar-refractivity contribution is 0.0465. The van der Waals surface area contributed by atoms with Crippen molar-refractivity contribution in [3.8, 4) is 5.75 Å². The maximum atomic E-state index is 11.7. The van der Waals surface area contributed by atoms with Crippen LogP contribution in [0.3, 0.4) is 0 Å². The van der Waals surface area contributed by atoms with E-state index in [1.54, 1.807) is 6.07 Å². The van der Waals surface area contributed by atoms with Crippen LogP contribution in [0.2, 0.25) is 0 Å². The van der Waals surface area contributed by atoms with Crippen LogP contribution in [0.5, 0.6) is 5.75 Å². The van der Waals surface area contributed by atoms with Crippen molar-refractivity contribution < 1.29 is 19.0 Å². The summed E-state index contributed by atoms with van der Waals surface area (Å²) in [6.45, 7) is 4.19. The number of methoxy groups -OCH3 is 2. The van der Waals surface area contributed by atoms with Gasteiger partial charge in [0.2, 0.25) is 0 Å². The summed E-state index contributed by atoms with van der Waals surface area (Å²) in [6, 6.07) is 5.41. The van der Waals surface area contributed by atoms with E-state index in [2.05, 4.69) is 6.58 Å². The maximum absolute atomic E-state index is 11.7. The average molecular weight is 262 g/mol. The molecule has 4 nitrogen and oxygen atoms in total. The van der Waals surface area contributed by atoms with Gasteiger partial charge in [-0.2, -0.15) is 0 Å². The molecule has 4 heteroatoms. The first-order chi connectivity index (χ1) is 9.17. The molecular formula is C15H18O4. The fourth-order valence-corrected chi connectivity index (χ4v) is 1.91. The van der Waals surface area contributed by atoms with Gasteiger partial charge in [-0.1, -0.05) is 12.6 Å². The molecule has 1 saturated carbocycles. The van der Waals surface area contributed by atoms with Crippen LogP contribution in [0.25, 0.3) is 5.57 Å². The van der Waals surface area contributed by atoms with Gasteiger partial charge in [-0.05, 0) is 42.0 Å². The van der Waals surface area contributed by atoms with Crippen molar-refractivity contribution in [3.63, 3.8) is 0 Å². The molecule has 0 unspecified atom stereocenters. The lowest BCUT2D eigenvalue weighted by atomic mass is 10.0. The van der Waals surface area contributed by atoms with Crippen LogP contribution in [0.4, 0.5) is 0 Å². The summed E-state index contributed by atoms with van der Waals surface area (Å²) in [7, 11) is 2.88. The van der Waals surface area contributed by atoms with Crippen LogP contribution in [-0.4, -0.2) is 27.0 Å². The van der Waals surface area contributed by atoms with E-state index in [4.69, 9.17) is 14.2 Å². The fraction of sp³-hybridized carbons (Fsp3) is 0.400. The van der Waals surface area contributed by atoms with Crippen LogP contribution >= 0.6 is 0 Å². The van der Waals surface area contributed by atoms with Crippen LogP contribution in [0, 0.1) is 5.92 Å². The average Bonchev–Trinajstić information content (AvgIpc) is 3.27. The molecule has 0 radical (unpaired) electrons. The second-order valence-corrected chi connectivity index (χ2v) is 4.55. The van der Waals surface area contributed by atoms with Crippen molar-refractivity contribution in [3.05, 3.63) is 35.9 Å². The molecule has 0 saturated heterocycles. The summed E-state index contributed by atoms with van der Waals surface area (Å²) < 4.78 is 15.0. The zero-order valence-electron chi connectivity index (χ0n) is 11.3. The Balaban J connectivity index is 2.28. The van der Waals surface area contributed by atoms with Gasteiger partial charge in [0.1, 0.15) is 11.3 Å². The molecule has 0 aliphatic heterocycles. The Hall–Kier alpha value is -1.81. The van der Waals surface area contributed by atoms with Gasteiger partial charge in [0.05, 0.1) is 7.11 Å². The number of esters is 1. The topological polar surface area (TPSA) is 44.8 Å². The number of hydrogen-bond donors (Lipinski definition) is 0. The monoisotopic (exact) mass is 262 g/mol. The van der Waals surface area contributed by atoms with Crippen molar-refractivity contribution in [2.45, 2.75) is 12.8 Å². The lowest BCUT2D eigenvalue weighted by Crippen LogP contribution is -2.08. The lowest BCUT2D eigenvalue weighted by Gasteiger charge is -2.12. The molecule has 1 aromatic carbocycles. The Morgan fingerprint density at radius 2 is 2.11 bits per heavy atom. The smallest absolute Gasteiger partial charge is 0.341 e. The van der Waals surface area contributed by atoms with Crippen molar-refractivity contribution >= 4 is 11.5 Å². The summed E-state index contributed by atoms with van der Waals surface area (Å²) in [5.41, 5.74) is 2.49. The van der Waals surface area contributed by atoms with E-state index >= 15 is 0 Å². The van der Waals surface area contributed by atoms with Crippen molar-refractivity contribution in [1.82, 2.24) is 0 Å². The molecule has 19 heavy (non-hydrogen) atoms. The first-order valence-electron chi connectivity index (χ1n) is 6.20. The number of carbonyl (C=O) groups excluding carboxylic acids is 1. The summed E-state index contributed by atoms with van der Waals surface area (Å²) in [6.07, 6.45) is 2.37. The van der Waals surface area contributed by atoms with E-state index in [9.17, 15) is 4.79 Å². The molecule has 0 spiro atoms. The van der Waals surface area contributed by atoms with Gasteiger partial charge in [-0.3, -0.25) is 0 Å². The van der Waals surface area contributed by atoms with Gasteiger partial charge >= 0.3 is 5.97 Å². The summed E-state index contributed by atoms with van der Waals surface area (Å²) in [5, 5.41) is 0. The first-order valence-corrected chi connectivity index (χ1v) is 6.20. The standard InChI is InChI=1S/C15H18O4/c1-10(11-4-5-11)12-6-7-13(15(16)18-3)14(8-12)19-9-17-2/h6-8,11H,1,4-5,9H2,2-3H3. The molecule has 2 rings (SSSR count). The fourth-order valence-electron chi connectivity index (χ4n) is 1.91. The number of hydrogen-bond acceptors (Lipinski definition) is 4. The minimum absolute atomic E-state index is 0.0867. The minimum Gasteiger partial charge on any atom is -0.467 e. The Bertz CT molecular complexity index is 489. The number of ether oxygens (including phenoxy) is 3. The maximum Gasteiger partial charge on any atom is 0.341 e. The van der Waals surface area contributed by atoms with E-state index in [0.717, 1.165) is 11.1 Å². The highest BCUT2D eigenvalue weighted by Gasteiger charge is 2.26. The normalized spacial score (nSPS) is 14.0. The third-order valence-corrected chi connectivity index (χ3v) is 3.16. The Kier molecular flexibility index (Phi) is 4.22. The molecule has 0 N–H and O–H groups in total. The van der Waals surface area contributed by atoms with E-state index in [-0.39, 0.29) is 6.79 Å². The number of carbonyl (C=O) groups is 1. The van der Waals surface area contributed by atoms with Crippen LogP contribution in [-0.2, 0) is 9.47 Å². The van der Waals surface area contributed by atoms with Gasteiger partial charge in [0.25, 0.3) is 0 Å². The Morgan fingerprint density at radius 1 is 1.37 bits per heavy atom. The molecule has 1 aliphatic carbocycles. The Labute approximate surface area is 113 Å². The zero-order chi connectivity index (χ0) is 13.8. The van der Waals surface area contributed by atoms with E-state index in [1.807, 2.05) is 12.1 Å². The highest BCUT2D eigenvalue weighted by Crippen LogP contribution is 2.41. The molecule has 1 fully saturated rings. The van der Waals surface area contributed by atoms with E-state index < -0.39 is 5.97 Å². The highest BCUT2D eigenvalue weighted by molar-refractivity contribution is 5.93. The number of rotatable bonds is 6. The van der Waals surface area contributed by atoms with Crippen molar-refractivity contribution in [1.29, 1.82) is 0 Å². The second-order valence-electron chi connectivity index (χ2n) is 4.55. The molecule has 0 atom stereocenters. The molecule has 1 aliphatic rings. The van der Waals surface area contributed by atoms with E-state index in [0.29, 0.717) is 17.2 Å². The predicted molar refractivity (Wildman–Crippen MR) is 72.0 cm³/mol. The summed E-state index contributed by atoms with van der Waals surface area (Å²) in [4.78, 5) is 11.7. The van der Waals surface area contributed by atoms with Crippen LogP contribution < -0.4 is 4.74 Å². The SMILES string of the molecule is C=C(c1ccc(C(=O)OC)c(OCOC)c1)C1CC1. The molecule has 1 aromatic rings. The van der Waals surface area contributed by atoms with Crippen molar-refractivity contribution in [2.24, 2.45) is 5.92 Å². The third kappa shape index (κ3) is 3.15. The zero-order valence-corrected chi connectivity index (χ0v) is 11.3. The number of allylic oxidation sites excluding steroid dienone is 1. The Morgan fingerprint density at radius 3 is 2.68 bits per heavy atom. The van der Waals surface area contributed by atoms with Crippen LogP contribution in [0.1, 0.15) is 28.8 Å². The van der Waals surface area contributed by atoms with Gasteiger partial charge in [0.15, 0.2) is 6.79 Å². The quantitative estimate of drug-likeness (QED) is 0.584. The number of benzene rings is 1. The molecule has 102 valence electrons.